The van der Waals surface area contributed by atoms with E-state index >= 15 is 0 Å². The number of hydrogen-bond donors (Lipinski definition) is 2. The number of amides is 1. The van der Waals surface area contributed by atoms with Gasteiger partial charge in [-0.3, -0.25) is 4.79 Å². The van der Waals surface area contributed by atoms with E-state index in [1.807, 2.05) is 0 Å². The number of nitrogens with one attached hydrogen (secondary N) is 2. The average Bonchev–Trinajstić information content (AvgIpc) is 2.53. The first-order valence-corrected chi connectivity index (χ1v) is 8.06. The molecule has 6 heteroatoms. The van der Waals surface area contributed by atoms with E-state index in [0.717, 1.165) is 25.9 Å². The molecule has 23 heavy (non-hydrogen) atoms. The summed E-state index contributed by atoms with van der Waals surface area (Å²) in [5, 5.41) is 5.40. The quantitative estimate of drug-likeness (QED) is 0.843. The number of carbonyl (C=O) groups is 1. The van der Waals surface area contributed by atoms with Gasteiger partial charge in [-0.25, -0.2) is 0 Å². The van der Waals surface area contributed by atoms with Crippen molar-refractivity contribution in [3.8, 4) is 0 Å². The summed E-state index contributed by atoms with van der Waals surface area (Å²) < 4.78 is 39.4. The SMILES string of the molecule is O=C(CCC1CCNCC1)NC(Cc1ccccc1)C(F)(F)F. The fourth-order valence-corrected chi connectivity index (χ4v) is 2.87. The molecular formula is C17H23F3N2O. The largest absolute Gasteiger partial charge is 0.408 e. The van der Waals surface area contributed by atoms with Crippen LogP contribution in [0.15, 0.2) is 30.3 Å². The van der Waals surface area contributed by atoms with Crippen molar-refractivity contribution in [1.29, 1.82) is 0 Å². The van der Waals surface area contributed by atoms with Crippen LogP contribution in [0.3, 0.4) is 0 Å². The molecule has 0 aliphatic carbocycles. The molecule has 2 rings (SSSR count). The lowest BCUT2D eigenvalue weighted by Gasteiger charge is -2.24. The third kappa shape index (κ3) is 6.22. The first kappa shape index (κ1) is 17.8. The minimum absolute atomic E-state index is 0.159. The lowest BCUT2D eigenvalue weighted by molar-refractivity contribution is -0.161. The van der Waals surface area contributed by atoms with Crippen molar-refractivity contribution in [2.75, 3.05) is 13.1 Å². The van der Waals surface area contributed by atoms with Crippen LogP contribution in [0.5, 0.6) is 0 Å². The van der Waals surface area contributed by atoms with E-state index in [0.29, 0.717) is 17.9 Å². The standard InChI is InChI=1S/C17H23F3N2O/c18-17(19,20)15(12-14-4-2-1-3-5-14)22-16(23)7-6-13-8-10-21-11-9-13/h1-5,13,15,21H,6-12H2,(H,22,23). The van der Waals surface area contributed by atoms with E-state index in [1.165, 1.54) is 0 Å². The summed E-state index contributed by atoms with van der Waals surface area (Å²) in [7, 11) is 0. The summed E-state index contributed by atoms with van der Waals surface area (Å²) in [6, 6.07) is 6.60. The second kappa shape index (κ2) is 8.34. The Balaban J connectivity index is 1.85. The van der Waals surface area contributed by atoms with Gasteiger partial charge in [-0.1, -0.05) is 30.3 Å². The summed E-state index contributed by atoms with van der Waals surface area (Å²) in [6.07, 6.45) is -1.89. The minimum Gasteiger partial charge on any atom is -0.344 e. The number of benzene rings is 1. The zero-order valence-electron chi connectivity index (χ0n) is 13.0. The third-order valence-electron chi connectivity index (χ3n) is 4.25. The van der Waals surface area contributed by atoms with Gasteiger partial charge in [0.1, 0.15) is 6.04 Å². The molecule has 2 N–H and O–H groups in total. The monoisotopic (exact) mass is 328 g/mol. The highest BCUT2D eigenvalue weighted by Crippen LogP contribution is 2.24. The second-order valence-electron chi connectivity index (χ2n) is 6.08. The molecular weight excluding hydrogens is 305 g/mol. The van der Waals surface area contributed by atoms with Crippen LogP contribution in [0.1, 0.15) is 31.2 Å². The molecule has 1 amide bonds. The van der Waals surface area contributed by atoms with Crippen molar-refractivity contribution >= 4 is 5.91 Å². The topological polar surface area (TPSA) is 41.1 Å². The Labute approximate surface area is 134 Å². The van der Waals surface area contributed by atoms with Gasteiger partial charge in [0, 0.05) is 12.8 Å². The van der Waals surface area contributed by atoms with Gasteiger partial charge in [0.05, 0.1) is 0 Å². The molecule has 3 nitrogen and oxygen atoms in total. The van der Waals surface area contributed by atoms with Gasteiger partial charge in [-0.15, -0.1) is 0 Å². The van der Waals surface area contributed by atoms with E-state index < -0.39 is 18.1 Å². The normalized spacial score (nSPS) is 17.7. The van der Waals surface area contributed by atoms with Gasteiger partial charge in [0.25, 0.3) is 0 Å². The smallest absolute Gasteiger partial charge is 0.344 e. The molecule has 1 saturated heterocycles. The van der Waals surface area contributed by atoms with Crippen molar-refractivity contribution in [2.24, 2.45) is 5.92 Å². The van der Waals surface area contributed by atoms with Gasteiger partial charge >= 0.3 is 6.18 Å². The highest BCUT2D eigenvalue weighted by Gasteiger charge is 2.40. The summed E-state index contributed by atoms with van der Waals surface area (Å²) in [5.41, 5.74) is 0.563. The molecule has 0 aromatic heterocycles. The molecule has 0 bridgehead atoms. The third-order valence-corrected chi connectivity index (χ3v) is 4.25. The molecule has 128 valence electrons. The molecule has 1 atom stereocenters. The molecule has 1 aliphatic heterocycles. The van der Waals surface area contributed by atoms with Crippen molar-refractivity contribution in [1.82, 2.24) is 10.6 Å². The highest BCUT2D eigenvalue weighted by atomic mass is 19.4. The molecule has 1 heterocycles. The average molecular weight is 328 g/mol. The molecule has 1 aromatic carbocycles. The maximum Gasteiger partial charge on any atom is 0.408 e. The van der Waals surface area contributed by atoms with E-state index in [1.54, 1.807) is 30.3 Å². The number of piperidine rings is 1. The summed E-state index contributed by atoms with van der Waals surface area (Å²) in [4.78, 5) is 11.9. The Morgan fingerprint density at radius 1 is 1.22 bits per heavy atom. The lowest BCUT2D eigenvalue weighted by atomic mass is 9.93. The fraction of sp³-hybridized carbons (Fsp3) is 0.588. The van der Waals surface area contributed by atoms with Crippen molar-refractivity contribution in [3.05, 3.63) is 35.9 Å². The lowest BCUT2D eigenvalue weighted by Crippen LogP contribution is -2.46. The molecule has 0 saturated carbocycles. The van der Waals surface area contributed by atoms with Crippen LogP contribution >= 0.6 is 0 Å². The Hall–Kier alpha value is -1.56. The molecule has 1 fully saturated rings. The predicted molar refractivity (Wildman–Crippen MR) is 83.0 cm³/mol. The Kier molecular flexibility index (Phi) is 6.45. The first-order chi connectivity index (χ1) is 10.9. The van der Waals surface area contributed by atoms with Crippen molar-refractivity contribution in [3.63, 3.8) is 0 Å². The minimum atomic E-state index is -4.44. The van der Waals surface area contributed by atoms with Crippen LogP contribution in [0.4, 0.5) is 13.2 Å². The molecule has 1 aliphatic rings. The van der Waals surface area contributed by atoms with Crippen molar-refractivity contribution < 1.29 is 18.0 Å². The Bertz CT molecular complexity index is 484. The fourth-order valence-electron chi connectivity index (χ4n) is 2.87. The number of halogens is 3. The van der Waals surface area contributed by atoms with Crippen LogP contribution in [-0.4, -0.2) is 31.2 Å². The van der Waals surface area contributed by atoms with Gasteiger partial charge < -0.3 is 10.6 Å². The maximum absolute atomic E-state index is 13.1. The summed E-state index contributed by atoms with van der Waals surface area (Å²) >= 11 is 0. The molecule has 1 unspecified atom stereocenters. The number of carbonyl (C=O) groups excluding carboxylic acids is 1. The van der Waals surface area contributed by atoms with Crippen molar-refractivity contribution in [2.45, 2.75) is 44.3 Å². The second-order valence-corrected chi connectivity index (χ2v) is 6.08. The predicted octanol–water partition coefficient (Wildman–Crippen LogP) is 3.06. The Morgan fingerprint density at radius 2 is 1.87 bits per heavy atom. The maximum atomic E-state index is 13.1. The van der Waals surface area contributed by atoms with Crippen LogP contribution in [0.2, 0.25) is 0 Å². The van der Waals surface area contributed by atoms with Gasteiger partial charge in [-0.2, -0.15) is 13.2 Å². The number of alkyl halides is 3. The van der Waals surface area contributed by atoms with Crippen LogP contribution in [-0.2, 0) is 11.2 Å². The Morgan fingerprint density at radius 3 is 2.48 bits per heavy atom. The van der Waals surface area contributed by atoms with Crippen LogP contribution < -0.4 is 10.6 Å². The zero-order valence-corrected chi connectivity index (χ0v) is 13.0. The first-order valence-electron chi connectivity index (χ1n) is 8.06. The summed E-state index contributed by atoms with van der Waals surface area (Å²) in [6.45, 7) is 1.84. The highest BCUT2D eigenvalue weighted by molar-refractivity contribution is 5.76. The van der Waals surface area contributed by atoms with E-state index in [4.69, 9.17) is 0 Å². The van der Waals surface area contributed by atoms with E-state index in [9.17, 15) is 18.0 Å². The van der Waals surface area contributed by atoms with Gasteiger partial charge in [-0.05, 0) is 43.8 Å². The molecule has 1 aromatic rings. The van der Waals surface area contributed by atoms with Crippen LogP contribution in [0.25, 0.3) is 0 Å². The molecule has 0 spiro atoms. The molecule has 0 radical (unpaired) electrons. The summed E-state index contributed by atoms with van der Waals surface area (Å²) in [5.74, 6) is -0.0813. The van der Waals surface area contributed by atoms with Gasteiger partial charge in [0.15, 0.2) is 0 Å². The van der Waals surface area contributed by atoms with Crippen LogP contribution in [0, 0.1) is 5.92 Å². The van der Waals surface area contributed by atoms with Gasteiger partial charge in [0.2, 0.25) is 5.91 Å². The number of rotatable bonds is 6. The zero-order chi connectivity index (χ0) is 16.7. The number of hydrogen-bond acceptors (Lipinski definition) is 2. The van der Waals surface area contributed by atoms with E-state index in [2.05, 4.69) is 10.6 Å². The van der Waals surface area contributed by atoms with E-state index in [-0.39, 0.29) is 12.8 Å².